The molecule has 3 aromatic rings. The number of aromatic hydroxyl groups is 1. The summed E-state index contributed by atoms with van der Waals surface area (Å²) in [5.74, 6) is 1.92. The molecule has 96 valence electrons. The van der Waals surface area contributed by atoms with E-state index < -0.39 is 0 Å². The number of para-hydroxylation sites is 1. The molecule has 0 atom stereocenters. The van der Waals surface area contributed by atoms with Crippen molar-refractivity contribution in [2.45, 2.75) is 6.42 Å². The Hall–Kier alpha value is -2.49. The smallest absolute Gasteiger partial charge is 0.146 e. The van der Waals surface area contributed by atoms with Crippen LogP contribution >= 0.6 is 0 Å². The van der Waals surface area contributed by atoms with Crippen LogP contribution in [0.4, 0.5) is 0 Å². The first-order valence-electron chi connectivity index (χ1n) is 6.06. The molecule has 0 radical (unpaired) electrons. The Kier molecular flexibility index (Phi) is 2.83. The molecule has 0 amide bonds. The second-order valence-corrected chi connectivity index (χ2v) is 4.38. The number of ether oxygens (including phenoxy) is 1. The molecule has 0 fully saturated rings. The number of phenolic OH excluding ortho intramolecular Hbond substituents is 1. The number of imidazole rings is 1. The lowest BCUT2D eigenvalue weighted by molar-refractivity contribution is 0.419. The molecule has 4 nitrogen and oxygen atoms in total. The van der Waals surface area contributed by atoms with Crippen molar-refractivity contribution in [3.05, 3.63) is 53.9 Å². The molecule has 3 rings (SSSR count). The van der Waals surface area contributed by atoms with Crippen molar-refractivity contribution in [1.82, 2.24) is 9.97 Å². The summed E-state index contributed by atoms with van der Waals surface area (Å²) in [6.45, 7) is 0. The SMILES string of the molecule is COc1cccc2[nH]c(Cc3ccc(O)cc3)nc12. The standard InChI is InChI=1S/C15H14N2O2/c1-19-13-4-2-3-12-15(13)17-14(16-12)9-10-5-7-11(18)8-6-10/h2-8,18H,9H2,1H3,(H,16,17). The summed E-state index contributed by atoms with van der Waals surface area (Å²) in [5, 5.41) is 9.27. The largest absolute Gasteiger partial charge is 0.508 e. The van der Waals surface area contributed by atoms with E-state index in [0.717, 1.165) is 28.2 Å². The Labute approximate surface area is 110 Å². The van der Waals surface area contributed by atoms with Gasteiger partial charge in [-0.15, -0.1) is 0 Å². The van der Waals surface area contributed by atoms with E-state index in [1.54, 1.807) is 19.2 Å². The van der Waals surface area contributed by atoms with Crippen LogP contribution in [0.5, 0.6) is 11.5 Å². The molecule has 19 heavy (non-hydrogen) atoms. The van der Waals surface area contributed by atoms with E-state index in [0.29, 0.717) is 6.42 Å². The topological polar surface area (TPSA) is 58.1 Å². The van der Waals surface area contributed by atoms with Gasteiger partial charge in [0, 0.05) is 6.42 Å². The van der Waals surface area contributed by atoms with Gasteiger partial charge in [0.1, 0.15) is 22.8 Å². The zero-order valence-electron chi connectivity index (χ0n) is 10.6. The van der Waals surface area contributed by atoms with Crippen LogP contribution in [0, 0.1) is 0 Å². The Morgan fingerprint density at radius 1 is 1.16 bits per heavy atom. The molecule has 2 N–H and O–H groups in total. The lowest BCUT2D eigenvalue weighted by Gasteiger charge is -1.98. The lowest BCUT2D eigenvalue weighted by Crippen LogP contribution is -1.90. The summed E-state index contributed by atoms with van der Waals surface area (Å²) >= 11 is 0. The first kappa shape index (κ1) is 11.6. The molecule has 0 aliphatic carbocycles. The Bertz CT molecular complexity index is 702. The number of H-pyrrole nitrogens is 1. The normalized spacial score (nSPS) is 10.8. The number of aromatic nitrogens is 2. The molecule has 0 aliphatic heterocycles. The van der Waals surface area contributed by atoms with Crippen LogP contribution in [0.15, 0.2) is 42.5 Å². The predicted molar refractivity (Wildman–Crippen MR) is 73.6 cm³/mol. The number of fused-ring (bicyclic) bond motifs is 1. The highest BCUT2D eigenvalue weighted by molar-refractivity contribution is 5.81. The molecule has 1 aromatic heterocycles. The highest BCUT2D eigenvalue weighted by Gasteiger charge is 2.07. The van der Waals surface area contributed by atoms with Gasteiger partial charge in [-0.2, -0.15) is 0 Å². The van der Waals surface area contributed by atoms with Crippen LogP contribution in [0.2, 0.25) is 0 Å². The molecule has 0 spiro atoms. The molecule has 4 heteroatoms. The number of nitrogens with one attached hydrogen (secondary N) is 1. The van der Waals surface area contributed by atoms with Crippen LogP contribution in [0.3, 0.4) is 0 Å². The van der Waals surface area contributed by atoms with Crippen molar-refractivity contribution in [3.8, 4) is 11.5 Å². The minimum Gasteiger partial charge on any atom is -0.508 e. The molecule has 0 saturated carbocycles. The fourth-order valence-electron chi connectivity index (χ4n) is 2.11. The van der Waals surface area contributed by atoms with Crippen LogP contribution < -0.4 is 4.74 Å². The van der Waals surface area contributed by atoms with Crippen molar-refractivity contribution in [2.24, 2.45) is 0 Å². The van der Waals surface area contributed by atoms with Gasteiger partial charge >= 0.3 is 0 Å². The molecule has 0 saturated heterocycles. The van der Waals surface area contributed by atoms with Gasteiger partial charge < -0.3 is 14.8 Å². The Morgan fingerprint density at radius 2 is 1.95 bits per heavy atom. The number of nitrogens with zero attached hydrogens (tertiary/aromatic N) is 1. The summed E-state index contributed by atoms with van der Waals surface area (Å²) < 4.78 is 5.29. The third-order valence-corrected chi connectivity index (χ3v) is 3.05. The third kappa shape index (κ3) is 2.25. The van der Waals surface area contributed by atoms with Gasteiger partial charge in [0.15, 0.2) is 0 Å². The number of benzene rings is 2. The monoisotopic (exact) mass is 254 g/mol. The third-order valence-electron chi connectivity index (χ3n) is 3.05. The van der Waals surface area contributed by atoms with Crippen LogP contribution in [0.25, 0.3) is 11.0 Å². The van der Waals surface area contributed by atoms with Crippen LogP contribution in [0.1, 0.15) is 11.4 Å². The molecular formula is C15H14N2O2. The van der Waals surface area contributed by atoms with E-state index >= 15 is 0 Å². The minimum atomic E-state index is 0.273. The molecule has 0 unspecified atom stereocenters. The number of rotatable bonds is 3. The summed E-state index contributed by atoms with van der Waals surface area (Å²) in [7, 11) is 1.64. The maximum atomic E-state index is 9.27. The van der Waals surface area contributed by atoms with Gasteiger partial charge in [-0.1, -0.05) is 18.2 Å². The maximum Gasteiger partial charge on any atom is 0.146 e. The Morgan fingerprint density at radius 3 is 2.68 bits per heavy atom. The zero-order valence-corrected chi connectivity index (χ0v) is 10.6. The molecule has 2 aromatic carbocycles. The molecule has 0 aliphatic rings. The minimum absolute atomic E-state index is 0.273. The average Bonchev–Trinajstić information content (AvgIpc) is 2.83. The van der Waals surface area contributed by atoms with Crippen molar-refractivity contribution >= 4 is 11.0 Å². The van der Waals surface area contributed by atoms with Gasteiger partial charge in [0.05, 0.1) is 12.6 Å². The Balaban J connectivity index is 1.95. The van der Waals surface area contributed by atoms with Crippen molar-refractivity contribution in [1.29, 1.82) is 0 Å². The van der Waals surface area contributed by atoms with Gasteiger partial charge in [0.2, 0.25) is 0 Å². The quantitative estimate of drug-likeness (QED) is 0.755. The average molecular weight is 254 g/mol. The van der Waals surface area contributed by atoms with Crippen LogP contribution in [-0.2, 0) is 6.42 Å². The van der Waals surface area contributed by atoms with Gasteiger partial charge in [-0.3, -0.25) is 0 Å². The van der Waals surface area contributed by atoms with Gasteiger partial charge in [-0.25, -0.2) is 4.98 Å². The van der Waals surface area contributed by atoms with Gasteiger partial charge in [-0.05, 0) is 29.8 Å². The summed E-state index contributed by atoms with van der Waals surface area (Å²) in [4.78, 5) is 7.84. The van der Waals surface area contributed by atoms with Crippen molar-refractivity contribution in [2.75, 3.05) is 7.11 Å². The van der Waals surface area contributed by atoms with Gasteiger partial charge in [0.25, 0.3) is 0 Å². The van der Waals surface area contributed by atoms with Crippen LogP contribution in [-0.4, -0.2) is 22.2 Å². The highest BCUT2D eigenvalue weighted by atomic mass is 16.5. The number of methoxy groups -OCH3 is 1. The molecule has 0 bridgehead atoms. The lowest BCUT2D eigenvalue weighted by atomic mass is 10.1. The van der Waals surface area contributed by atoms with E-state index in [1.807, 2.05) is 30.3 Å². The zero-order chi connectivity index (χ0) is 13.2. The fraction of sp³-hybridized carbons (Fsp3) is 0.133. The van der Waals surface area contributed by atoms with E-state index in [4.69, 9.17) is 4.74 Å². The summed E-state index contributed by atoms with van der Waals surface area (Å²) in [6.07, 6.45) is 0.693. The highest BCUT2D eigenvalue weighted by Crippen LogP contribution is 2.24. The second kappa shape index (κ2) is 4.65. The predicted octanol–water partition coefficient (Wildman–Crippen LogP) is 2.87. The number of hydrogen-bond acceptors (Lipinski definition) is 3. The molecule has 1 heterocycles. The second-order valence-electron chi connectivity index (χ2n) is 4.38. The van der Waals surface area contributed by atoms with E-state index in [9.17, 15) is 5.11 Å². The fourth-order valence-corrected chi connectivity index (χ4v) is 2.11. The summed E-state index contributed by atoms with van der Waals surface area (Å²) in [5.41, 5.74) is 2.91. The first-order chi connectivity index (χ1) is 9.26. The number of phenols is 1. The van der Waals surface area contributed by atoms with E-state index in [2.05, 4.69) is 9.97 Å². The van der Waals surface area contributed by atoms with E-state index in [-0.39, 0.29) is 5.75 Å². The first-order valence-corrected chi connectivity index (χ1v) is 6.06. The molecular weight excluding hydrogens is 240 g/mol. The summed E-state index contributed by atoms with van der Waals surface area (Å²) in [6, 6.07) is 12.9. The number of hydrogen-bond donors (Lipinski definition) is 2. The van der Waals surface area contributed by atoms with E-state index in [1.165, 1.54) is 0 Å². The van der Waals surface area contributed by atoms with Crippen molar-refractivity contribution in [3.63, 3.8) is 0 Å². The van der Waals surface area contributed by atoms with Crippen molar-refractivity contribution < 1.29 is 9.84 Å². The number of aromatic amines is 1. The maximum absolute atomic E-state index is 9.27.